The predicted octanol–water partition coefficient (Wildman–Crippen LogP) is 2.04. The zero-order valence-electron chi connectivity index (χ0n) is 17.8. The Hall–Kier alpha value is -3.39. The summed E-state index contributed by atoms with van der Waals surface area (Å²) >= 11 is 0. The van der Waals surface area contributed by atoms with E-state index >= 15 is 0 Å². The van der Waals surface area contributed by atoms with Crippen LogP contribution in [0.15, 0.2) is 48.5 Å². The summed E-state index contributed by atoms with van der Waals surface area (Å²) < 4.78 is 5.42. The highest BCUT2D eigenvalue weighted by Crippen LogP contribution is 2.44. The number of benzene rings is 2. The summed E-state index contributed by atoms with van der Waals surface area (Å²) in [6.45, 7) is 1.75. The van der Waals surface area contributed by atoms with Gasteiger partial charge in [0.2, 0.25) is 5.91 Å². The zero-order chi connectivity index (χ0) is 22.5. The fourth-order valence-corrected chi connectivity index (χ4v) is 3.73. The fraction of sp³-hybridized carbons (Fsp3) is 0.348. The van der Waals surface area contributed by atoms with Crippen molar-refractivity contribution in [3.8, 4) is 11.1 Å². The third-order valence-electron chi connectivity index (χ3n) is 5.23. The quantitative estimate of drug-likeness (QED) is 0.597. The highest BCUT2D eigenvalue weighted by molar-refractivity contribution is 5.89. The highest BCUT2D eigenvalue weighted by Gasteiger charge is 2.30. The first kappa shape index (κ1) is 22.3. The van der Waals surface area contributed by atoms with E-state index in [1.807, 2.05) is 48.5 Å². The maximum atomic E-state index is 12.3. The van der Waals surface area contributed by atoms with E-state index in [-0.39, 0.29) is 19.1 Å². The summed E-state index contributed by atoms with van der Waals surface area (Å²) in [6, 6.07) is 14.0. The Morgan fingerprint density at radius 2 is 1.55 bits per heavy atom. The number of carbonyl (C=O) groups excluding carboxylic acids is 2. The van der Waals surface area contributed by atoms with Gasteiger partial charge in [-0.15, -0.1) is 0 Å². The third kappa shape index (κ3) is 5.21. The van der Waals surface area contributed by atoms with Gasteiger partial charge in [-0.2, -0.15) is 0 Å². The minimum atomic E-state index is -1.14. The van der Waals surface area contributed by atoms with Crippen LogP contribution in [-0.4, -0.2) is 67.3 Å². The molecule has 1 aliphatic carbocycles. The summed E-state index contributed by atoms with van der Waals surface area (Å²) in [5.74, 6) is -1.82. The van der Waals surface area contributed by atoms with Gasteiger partial charge in [0, 0.05) is 12.5 Å². The molecule has 3 N–H and O–H groups in total. The standard InChI is InChI=1S/C23H27N3O5/c1-14(21(27)25-20(22(28)29)12-26(2)3)24-23(30)31-13-19-17-10-6-4-8-15(17)16-9-5-7-11-18(16)19/h4-11,14,19-20H,12-13H2,1-3H3,(H,24,30)(H,25,27)(H,28,29)/t14?,20-/m0/s1. The molecule has 2 aromatic carbocycles. The smallest absolute Gasteiger partial charge is 0.407 e. The van der Waals surface area contributed by atoms with Gasteiger partial charge in [0.05, 0.1) is 0 Å². The van der Waals surface area contributed by atoms with Gasteiger partial charge in [0.15, 0.2) is 0 Å². The predicted molar refractivity (Wildman–Crippen MR) is 116 cm³/mol. The number of carboxylic acids is 1. The normalized spacial score (nSPS) is 14.3. The van der Waals surface area contributed by atoms with Crippen molar-refractivity contribution in [3.05, 3.63) is 59.7 Å². The molecule has 8 heteroatoms. The van der Waals surface area contributed by atoms with Gasteiger partial charge in [-0.25, -0.2) is 9.59 Å². The van der Waals surface area contributed by atoms with Crippen molar-refractivity contribution in [2.75, 3.05) is 27.2 Å². The topological polar surface area (TPSA) is 108 Å². The molecule has 0 bridgehead atoms. The number of nitrogens with zero attached hydrogens (tertiary/aromatic N) is 1. The largest absolute Gasteiger partial charge is 0.480 e. The first-order chi connectivity index (χ1) is 14.8. The Morgan fingerprint density at radius 3 is 2.06 bits per heavy atom. The Labute approximate surface area is 181 Å². The van der Waals surface area contributed by atoms with E-state index < -0.39 is 30.1 Å². The van der Waals surface area contributed by atoms with E-state index in [0.29, 0.717) is 0 Å². The Morgan fingerprint density at radius 1 is 1.00 bits per heavy atom. The molecule has 0 aromatic heterocycles. The summed E-state index contributed by atoms with van der Waals surface area (Å²) in [4.78, 5) is 37.6. The first-order valence-corrected chi connectivity index (χ1v) is 10.1. The number of ether oxygens (including phenoxy) is 1. The van der Waals surface area contributed by atoms with Crippen molar-refractivity contribution in [1.82, 2.24) is 15.5 Å². The van der Waals surface area contributed by atoms with Crippen molar-refractivity contribution < 1.29 is 24.2 Å². The maximum absolute atomic E-state index is 12.3. The van der Waals surface area contributed by atoms with Gasteiger partial charge in [-0.1, -0.05) is 48.5 Å². The number of likely N-dealkylation sites (N-methyl/N-ethyl adjacent to an activating group) is 1. The average Bonchev–Trinajstić information content (AvgIpc) is 3.05. The number of amides is 2. The van der Waals surface area contributed by atoms with Crippen LogP contribution in [0.5, 0.6) is 0 Å². The number of rotatable bonds is 8. The average molecular weight is 425 g/mol. The number of nitrogens with one attached hydrogen (secondary N) is 2. The van der Waals surface area contributed by atoms with Gasteiger partial charge in [0.25, 0.3) is 0 Å². The zero-order valence-corrected chi connectivity index (χ0v) is 17.8. The number of hydrogen-bond acceptors (Lipinski definition) is 5. The van der Waals surface area contributed by atoms with Crippen LogP contribution in [0.25, 0.3) is 11.1 Å². The second-order valence-corrected chi connectivity index (χ2v) is 7.85. The molecule has 164 valence electrons. The molecule has 0 radical (unpaired) electrons. The SMILES string of the molecule is CC(NC(=O)OCC1c2ccccc2-c2ccccc21)C(=O)N[C@@H](CN(C)C)C(=O)O. The number of hydrogen-bond donors (Lipinski definition) is 3. The Kier molecular flexibility index (Phi) is 6.91. The minimum absolute atomic E-state index is 0.0845. The van der Waals surface area contributed by atoms with Crippen LogP contribution in [0, 0.1) is 0 Å². The second-order valence-electron chi connectivity index (χ2n) is 7.85. The number of fused-ring (bicyclic) bond motifs is 3. The first-order valence-electron chi connectivity index (χ1n) is 10.1. The lowest BCUT2D eigenvalue weighted by Gasteiger charge is -2.21. The molecule has 0 aliphatic heterocycles. The van der Waals surface area contributed by atoms with E-state index in [2.05, 4.69) is 10.6 Å². The Balaban J connectivity index is 1.58. The van der Waals surface area contributed by atoms with Crippen LogP contribution in [0.4, 0.5) is 4.79 Å². The lowest BCUT2D eigenvalue weighted by Crippen LogP contribution is -2.53. The summed E-state index contributed by atoms with van der Waals surface area (Å²) in [7, 11) is 3.42. The third-order valence-corrected chi connectivity index (χ3v) is 5.23. The van der Waals surface area contributed by atoms with Crippen LogP contribution < -0.4 is 10.6 Å². The molecule has 2 aromatic rings. The van der Waals surface area contributed by atoms with E-state index in [9.17, 15) is 19.5 Å². The van der Waals surface area contributed by atoms with E-state index in [1.54, 1.807) is 19.0 Å². The van der Waals surface area contributed by atoms with Gasteiger partial charge in [0.1, 0.15) is 18.7 Å². The highest BCUT2D eigenvalue weighted by atomic mass is 16.5. The molecular formula is C23H27N3O5. The van der Waals surface area contributed by atoms with Gasteiger partial charge in [-0.3, -0.25) is 4.79 Å². The minimum Gasteiger partial charge on any atom is -0.480 e. The van der Waals surface area contributed by atoms with Crippen molar-refractivity contribution in [2.45, 2.75) is 24.9 Å². The molecule has 1 aliphatic rings. The lowest BCUT2D eigenvalue weighted by molar-refractivity contribution is -0.142. The summed E-state index contributed by atoms with van der Waals surface area (Å²) in [5.41, 5.74) is 4.44. The number of aliphatic carboxylic acids is 1. The van der Waals surface area contributed by atoms with Crippen molar-refractivity contribution in [2.24, 2.45) is 0 Å². The number of carboxylic acid groups (broad SMARTS) is 1. The molecule has 0 heterocycles. The maximum Gasteiger partial charge on any atom is 0.407 e. The molecule has 0 saturated heterocycles. The molecule has 31 heavy (non-hydrogen) atoms. The van der Waals surface area contributed by atoms with Crippen LogP contribution >= 0.6 is 0 Å². The fourth-order valence-electron chi connectivity index (χ4n) is 3.73. The van der Waals surface area contributed by atoms with Crippen molar-refractivity contribution in [3.63, 3.8) is 0 Å². The van der Waals surface area contributed by atoms with Crippen LogP contribution in [0.2, 0.25) is 0 Å². The van der Waals surface area contributed by atoms with E-state index in [1.165, 1.54) is 6.92 Å². The molecule has 2 amide bonds. The summed E-state index contributed by atoms with van der Waals surface area (Å²) in [5, 5.41) is 14.1. The van der Waals surface area contributed by atoms with E-state index in [4.69, 9.17) is 4.74 Å². The van der Waals surface area contributed by atoms with E-state index in [0.717, 1.165) is 22.3 Å². The Bertz CT molecular complexity index is 930. The van der Waals surface area contributed by atoms with Gasteiger partial charge < -0.3 is 25.4 Å². The second kappa shape index (κ2) is 9.61. The number of carbonyl (C=O) groups is 3. The molecule has 3 rings (SSSR count). The van der Waals surface area contributed by atoms with Crippen LogP contribution in [-0.2, 0) is 14.3 Å². The molecule has 2 atom stereocenters. The molecule has 8 nitrogen and oxygen atoms in total. The number of alkyl carbamates (subject to hydrolysis) is 1. The van der Waals surface area contributed by atoms with Crippen molar-refractivity contribution >= 4 is 18.0 Å². The summed E-state index contributed by atoms with van der Waals surface area (Å²) in [6.07, 6.45) is -0.732. The molecule has 0 spiro atoms. The van der Waals surface area contributed by atoms with Gasteiger partial charge in [-0.05, 0) is 43.3 Å². The molecular weight excluding hydrogens is 398 g/mol. The van der Waals surface area contributed by atoms with Gasteiger partial charge >= 0.3 is 12.1 Å². The molecule has 1 unspecified atom stereocenters. The monoisotopic (exact) mass is 425 g/mol. The van der Waals surface area contributed by atoms with Crippen LogP contribution in [0.1, 0.15) is 24.0 Å². The van der Waals surface area contributed by atoms with Crippen molar-refractivity contribution in [1.29, 1.82) is 0 Å². The van der Waals surface area contributed by atoms with Crippen LogP contribution in [0.3, 0.4) is 0 Å². The molecule has 0 fully saturated rings. The molecule has 0 saturated carbocycles. The lowest BCUT2D eigenvalue weighted by atomic mass is 9.98.